The zero-order valence-corrected chi connectivity index (χ0v) is 13.3. The zero-order chi connectivity index (χ0) is 17.1. The first-order chi connectivity index (χ1) is 11.5. The highest BCUT2D eigenvalue weighted by atomic mass is 19.1. The lowest BCUT2D eigenvalue weighted by atomic mass is 9.73. The highest BCUT2D eigenvalue weighted by molar-refractivity contribution is 5.96. The fourth-order valence-electron chi connectivity index (χ4n) is 3.11. The van der Waals surface area contributed by atoms with Gasteiger partial charge in [-0.1, -0.05) is 0 Å². The second-order valence-corrected chi connectivity index (χ2v) is 6.33. The van der Waals surface area contributed by atoms with Gasteiger partial charge in [0.2, 0.25) is 5.91 Å². The number of hydrogen-bond acceptors (Lipinski definition) is 4. The molecule has 3 rings (SSSR count). The van der Waals surface area contributed by atoms with Gasteiger partial charge in [-0.3, -0.25) is 9.59 Å². The van der Waals surface area contributed by atoms with Crippen LogP contribution >= 0.6 is 0 Å². The van der Waals surface area contributed by atoms with Gasteiger partial charge in [0.05, 0.1) is 23.6 Å². The molecule has 1 heterocycles. The SMILES string of the molecule is O=C(O)C1CCC1C(=O)Nc1ccc(NCC2CCCO2)c(F)c1. The number of amides is 1. The van der Waals surface area contributed by atoms with Crippen molar-refractivity contribution in [3.63, 3.8) is 0 Å². The number of halogens is 1. The van der Waals surface area contributed by atoms with Crippen molar-refractivity contribution in [2.45, 2.75) is 31.8 Å². The Labute approximate surface area is 139 Å². The van der Waals surface area contributed by atoms with Gasteiger partial charge < -0.3 is 20.5 Å². The van der Waals surface area contributed by atoms with Gasteiger partial charge in [0.25, 0.3) is 0 Å². The second-order valence-electron chi connectivity index (χ2n) is 6.33. The van der Waals surface area contributed by atoms with Crippen LogP contribution in [-0.4, -0.2) is 36.2 Å². The summed E-state index contributed by atoms with van der Waals surface area (Å²) in [6.45, 7) is 1.29. The first kappa shape index (κ1) is 16.7. The molecular weight excluding hydrogens is 315 g/mol. The Kier molecular flexibility index (Phi) is 4.99. The van der Waals surface area contributed by atoms with Crippen molar-refractivity contribution in [3.05, 3.63) is 24.0 Å². The van der Waals surface area contributed by atoms with E-state index in [9.17, 15) is 14.0 Å². The molecule has 7 heteroatoms. The highest BCUT2D eigenvalue weighted by Crippen LogP contribution is 2.35. The Morgan fingerprint density at radius 2 is 2.04 bits per heavy atom. The number of carboxylic acid groups (broad SMARTS) is 1. The number of benzene rings is 1. The lowest BCUT2D eigenvalue weighted by Gasteiger charge is -2.31. The molecule has 1 saturated carbocycles. The molecule has 1 aliphatic heterocycles. The maximum atomic E-state index is 14.1. The highest BCUT2D eigenvalue weighted by Gasteiger charge is 2.41. The molecule has 0 radical (unpaired) electrons. The van der Waals surface area contributed by atoms with Crippen molar-refractivity contribution in [2.75, 3.05) is 23.8 Å². The molecule has 6 nitrogen and oxygen atoms in total. The van der Waals surface area contributed by atoms with Gasteiger partial charge in [0.15, 0.2) is 0 Å². The normalized spacial score (nSPS) is 25.8. The number of anilines is 2. The summed E-state index contributed by atoms with van der Waals surface area (Å²) in [5.41, 5.74) is 0.687. The van der Waals surface area contributed by atoms with Crippen LogP contribution in [0.2, 0.25) is 0 Å². The average Bonchev–Trinajstić information content (AvgIpc) is 2.97. The first-order valence-electron chi connectivity index (χ1n) is 8.23. The summed E-state index contributed by atoms with van der Waals surface area (Å²) in [5.74, 6) is -2.96. The Morgan fingerprint density at radius 3 is 2.62 bits per heavy atom. The molecule has 2 aliphatic rings. The van der Waals surface area contributed by atoms with Crippen molar-refractivity contribution in [3.8, 4) is 0 Å². The Hall–Kier alpha value is -2.15. The van der Waals surface area contributed by atoms with Gasteiger partial charge in [-0.2, -0.15) is 0 Å². The molecule has 3 N–H and O–H groups in total. The third kappa shape index (κ3) is 3.67. The summed E-state index contributed by atoms with van der Waals surface area (Å²) in [6.07, 6.45) is 3.16. The van der Waals surface area contributed by atoms with Crippen molar-refractivity contribution >= 4 is 23.3 Å². The predicted octanol–water partition coefficient (Wildman–Crippen LogP) is 2.47. The van der Waals surface area contributed by atoms with E-state index in [0.29, 0.717) is 30.8 Å². The van der Waals surface area contributed by atoms with Crippen LogP contribution in [0, 0.1) is 17.7 Å². The topological polar surface area (TPSA) is 87.7 Å². The molecule has 24 heavy (non-hydrogen) atoms. The van der Waals surface area contributed by atoms with Crippen molar-refractivity contribution < 1.29 is 23.8 Å². The van der Waals surface area contributed by atoms with Crippen LogP contribution in [0.15, 0.2) is 18.2 Å². The summed E-state index contributed by atoms with van der Waals surface area (Å²) in [5, 5.41) is 14.6. The summed E-state index contributed by atoms with van der Waals surface area (Å²) < 4.78 is 19.6. The van der Waals surface area contributed by atoms with Gasteiger partial charge in [0.1, 0.15) is 5.82 Å². The van der Waals surface area contributed by atoms with Crippen molar-refractivity contribution in [2.24, 2.45) is 11.8 Å². The van der Waals surface area contributed by atoms with E-state index >= 15 is 0 Å². The van der Waals surface area contributed by atoms with Crippen LogP contribution in [0.5, 0.6) is 0 Å². The number of carboxylic acids is 1. The van der Waals surface area contributed by atoms with Crippen LogP contribution in [0.3, 0.4) is 0 Å². The van der Waals surface area contributed by atoms with Crippen LogP contribution in [0.25, 0.3) is 0 Å². The fourth-order valence-corrected chi connectivity index (χ4v) is 3.11. The summed E-state index contributed by atoms with van der Waals surface area (Å²) in [6, 6.07) is 4.41. The van der Waals surface area contributed by atoms with Crippen LogP contribution in [0.4, 0.5) is 15.8 Å². The quantitative estimate of drug-likeness (QED) is 0.743. The largest absolute Gasteiger partial charge is 0.481 e. The lowest BCUT2D eigenvalue weighted by molar-refractivity contribution is -0.151. The van der Waals surface area contributed by atoms with Crippen LogP contribution in [-0.2, 0) is 14.3 Å². The van der Waals surface area contributed by atoms with Gasteiger partial charge in [0, 0.05) is 18.8 Å². The number of rotatable bonds is 6. The monoisotopic (exact) mass is 336 g/mol. The summed E-state index contributed by atoms with van der Waals surface area (Å²) in [7, 11) is 0. The number of aliphatic carboxylic acids is 1. The number of carbonyl (C=O) groups excluding carboxylic acids is 1. The van der Waals surface area contributed by atoms with Crippen molar-refractivity contribution in [1.29, 1.82) is 0 Å². The molecule has 1 aliphatic carbocycles. The fraction of sp³-hybridized carbons (Fsp3) is 0.529. The second kappa shape index (κ2) is 7.17. The Morgan fingerprint density at radius 1 is 1.25 bits per heavy atom. The number of hydrogen-bond donors (Lipinski definition) is 3. The smallest absolute Gasteiger partial charge is 0.307 e. The standard InChI is InChI=1S/C17H21FN2O4/c18-14-8-10(20-16(21)12-4-5-13(12)17(22)23)3-6-15(14)19-9-11-2-1-7-24-11/h3,6,8,11-13,19H,1-2,4-5,7,9H2,(H,20,21)(H,22,23). The Bertz CT molecular complexity index is 631. The molecule has 2 fully saturated rings. The van der Waals surface area contributed by atoms with Gasteiger partial charge in [-0.25, -0.2) is 4.39 Å². The Balaban J connectivity index is 1.56. The molecular formula is C17H21FN2O4. The van der Waals surface area contributed by atoms with Gasteiger partial charge in [-0.15, -0.1) is 0 Å². The van der Waals surface area contributed by atoms with E-state index in [-0.39, 0.29) is 12.0 Å². The van der Waals surface area contributed by atoms with E-state index in [1.807, 2.05) is 0 Å². The molecule has 0 bridgehead atoms. The van der Waals surface area contributed by atoms with E-state index in [1.54, 1.807) is 12.1 Å². The summed E-state index contributed by atoms with van der Waals surface area (Å²) >= 11 is 0. The first-order valence-corrected chi connectivity index (χ1v) is 8.23. The van der Waals surface area contributed by atoms with E-state index in [1.165, 1.54) is 6.07 Å². The van der Waals surface area contributed by atoms with E-state index in [2.05, 4.69) is 10.6 Å². The lowest BCUT2D eigenvalue weighted by Crippen LogP contribution is -2.41. The third-order valence-corrected chi connectivity index (χ3v) is 4.71. The maximum absolute atomic E-state index is 14.1. The maximum Gasteiger partial charge on any atom is 0.307 e. The third-order valence-electron chi connectivity index (χ3n) is 4.71. The number of ether oxygens (including phenoxy) is 1. The minimum absolute atomic E-state index is 0.107. The molecule has 1 amide bonds. The van der Waals surface area contributed by atoms with Crippen LogP contribution < -0.4 is 10.6 Å². The van der Waals surface area contributed by atoms with Crippen LogP contribution in [0.1, 0.15) is 25.7 Å². The number of carbonyl (C=O) groups is 2. The molecule has 1 aromatic rings. The molecule has 130 valence electrons. The zero-order valence-electron chi connectivity index (χ0n) is 13.3. The molecule has 3 unspecified atom stereocenters. The minimum atomic E-state index is -0.957. The van der Waals surface area contributed by atoms with Gasteiger partial charge >= 0.3 is 5.97 Å². The molecule has 0 spiro atoms. The van der Waals surface area contributed by atoms with Gasteiger partial charge in [-0.05, 0) is 43.9 Å². The number of nitrogens with one attached hydrogen (secondary N) is 2. The molecule has 3 atom stereocenters. The molecule has 1 aromatic carbocycles. The van der Waals surface area contributed by atoms with E-state index in [0.717, 1.165) is 19.4 Å². The molecule has 1 saturated heterocycles. The predicted molar refractivity (Wildman–Crippen MR) is 86.3 cm³/mol. The summed E-state index contributed by atoms with van der Waals surface area (Å²) in [4.78, 5) is 23.0. The minimum Gasteiger partial charge on any atom is -0.481 e. The molecule has 0 aromatic heterocycles. The van der Waals surface area contributed by atoms with E-state index < -0.39 is 23.6 Å². The van der Waals surface area contributed by atoms with E-state index in [4.69, 9.17) is 9.84 Å². The average molecular weight is 336 g/mol. The van der Waals surface area contributed by atoms with Crippen molar-refractivity contribution in [1.82, 2.24) is 0 Å².